The smallest absolute Gasteiger partial charge is 0.275 e. The highest BCUT2D eigenvalue weighted by atomic mass is 32.2. The maximum Gasteiger partial charge on any atom is 0.275 e. The molecule has 1 fully saturated rings. The average molecular weight is 500 g/mol. The molecule has 36 heavy (non-hydrogen) atoms. The van der Waals surface area contributed by atoms with Crippen LogP contribution >= 0.6 is 0 Å². The summed E-state index contributed by atoms with van der Waals surface area (Å²) in [5, 5.41) is 2.12. The van der Waals surface area contributed by atoms with Gasteiger partial charge in [-0.15, -0.1) is 0 Å². The van der Waals surface area contributed by atoms with Crippen molar-refractivity contribution < 1.29 is 13.2 Å². The Kier molecular flexibility index (Phi) is 5.41. The molecule has 0 unspecified atom stereocenters. The van der Waals surface area contributed by atoms with E-state index in [4.69, 9.17) is 0 Å². The fraction of sp³-hybridized carbons (Fsp3) is 0.214. The van der Waals surface area contributed by atoms with E-state index >= 15 is 0 Å². The first kappa shape index (κ1) is 22.5. The summed E-state index contributed by atoms with van der Waals surface area (Å²) in [6.07, 6.45) is 0.899. The fourth-order valence-electron chi connectivity index (χ4n) is 5.50. The Bertz CT molecular complexity index is 1650. The van der Waals surface area contributed by atoms with Crippen molar-refractivity contribution in [2.75, 3.05) is 17.8 Å². The third-order valence-electron chi connectivity index (χ3n) is 7.19. The molecule has 2 atom stereocenters. The maximum absolute atomic E-state index is 13.4. The number of nitrogens with one attached hydrogen (secondary N) is 1. The number of carbonyl (C=O) groups excluding carboxylic acids is 1. The van der Waals surface area contributed by atoms with Gasteiger partial charge in [-0.2, -0.15) is 0 Å². The first-order valence-electron chi connectivity index (χ1n) is 12.0. The van der Waals surface area contributed by atoms with E-state index in [1.165, 1.54) is 12.1 Å². The highest BCUT2D eigenvalue weighted by Gasteiger charge is 2.37. The maximum atomic E-state index is 13.4. The zero-order valence-corrected chi connectivity index (χ0v) is 20.3. The minimum atomic E-state index is -3.86. The quantitative estimate of drug-likeness (QED) is 0.459. The molecule has 2 aliphatic heterocycles. The number of pyridine rings is 1. The van der Waals surface area contributed by atoms with Crippen LogP contribution in [0.5, 0.6) is 0 Å². The predicted octanol–water partition coefficient (Wildman–Crippen LogP) is 4.06. The molecule has 0 radical (unpaired) electrons. The Labute approximate surface area is 209 Å². The lowest BCUT2D eigenvalue weighted by atomic mass is 9.83. The first-order valence-corrected chi connectivity index (χ1v) is 13.5. The summed E-state index contributed by atoms with van der Waals surface area (Å²) in [6, 6.07) is 25.1. The van der Waals surface area contributed by atoms with Gasteiger partial charge in [0.15, 0.2) is 0 Å². The number of piperidine rings is 1. The predicted molar refractivity (Wildman–Crippen MR) is 139 cm³/mol. The molecule has 1 amide bonds. The topological polar surface area (TPSA) is 88.5 Å². The minimum absolute atomic E-state index is 0.00140. The van der Waals surface area contributed by atoms with Crippen LogP contribution in [-0.2, 0) is 16.6 Å². The molecular weight excluding hydrogens is 474 g/mol. The first-order chi connectivity index (χ1) is 17.4. The second-order valence-corrected chi connectivity index (χ2v) is 11.3. The van der Waals surface area contributed by atoms with Crippen molar-refractivity contribution >= 4 is 32.4 Å². The standard InChI is InChI=1S/C28H25N3O4S/c32-27(22-11-10-20-6-4-5-7-21(20)15-22)30-16-19-14-23(18-30)26-13-12-25(28(33)31(26)17-19)29-36(34,35)24-8-2-1-3-9-24/h1-13,15,19,23,29H,14,16-18H2/t19-,23-/m1/s1. The van der Waals surface area contributed by atoms with Crippen LogP contribution in [-0.4, -0.2) is 36.9 Å². The Morgan fingerprint density at radius 1 is 0.833 bits per heavy atom. The Morgan fingerprint density at radius 2 is 1.58 bits per heavy atom. The third kappa shape index (κ3) is 3.97. The summed E-state index contributed by atoms with van der Waals surface area (Å²) in [5.41, 5.74) is 1.19. The largest absolute Gasteiger partial charge is 0.338 e. The summed E-state index contributed by atoms with van der Waals surface area (Å²) in [4.78, 5) is 28.6. The van der Waals surface area contributed by atoms with Crippen molar-refractivity contribution in [3.8, 4) is 0 Å². The van der Waals surface area contributed by atoms with E-state index in [1.54, 1.807) is 28.8 Å². The zero-order chi connectivity index (χ0) is 24.9. The number of hydrogen-bond acceptors (Lipinski definition) is 4. The fourth-order valence-corrected chi connectivity index (χ4v) is 6.58. The van der Waals surface area contributed by atoms with E-state index < -0.39 is 10.0 Å². The van der Waals surface area contributed by atoms with Gasteiger partial charge in [0.25, 0.3) is 21.5 Å². The normalized spacial score (nSPS) is 19.1. The lowest BCUT2D eigenvalue weighted by Gasteiger charge is -2.43. The Hall–Kier alpha value is -3.91. The summed E-state index contributed by atoms with van der Waals surface area (Å²) in [7, 11) is -3.86. The molecule has 8 heteroatoms. The molecular formula is C28H25N3O4S. The van der Waals surface area contributed by atoms with E-state index in [2.05, 4.69) is 4.72 Å². The van der Waals surface area contributed by atoms with Crippen molar-refractivity contribution in [1.29, 1.82) is 0 Å². The summed E-state index contributed by atoms with van der Waals surface area (Å²) in [5.74, 6) is 0.146. The molecule has 0 spiro atoms. The third-order valence-corrected chi connectivity index (χ3v) is 8.57. The number of aromatic nitrogens is 1. The average Bonchev–Trinajstić information content (AvgIpc) is 2.90. The molecule has 2 aliphatic rings. The summed E-state index contributed by atoms with van der Waals surface area (Å²) >= 11 is 0. The van der Waals surface area contributed by atoms with E-state index in [0.29, 0.717) is 25.2 Å². The van der Waals surface area contributed by atoms with Gasteiger partial charge < -0.3 is 9.47 Å². The van der Waals surface area contributed by atoms with Crippen molar-refractivity contribution in [3.63, 3.8) is 0 Å². The van der Waals surface area contributed by atoms with E-state index in [-0.39, 0.29) is 33.9 Å². The Morgan fingerprint density at radius 3 is 2.39 bits per heavy atom. The number of nitrogens with zero attached hydrogens (tertiary/aromatic N) is 2. The van der Waals surface area contributed by atoms with Gasteiger partial charge in [-0.3, -0.25) is 14.3 Å². The Balaban J connectivity index is 1.26. The molecule has 1 aromatic heterocycles. The van der Waals surface area contributed by atoms with Gasteiger partial charge in [0.05, 0.1) is 4.90 Å². The van der Waals surface area contributed by atoms with Crippen LogP contribution in [0, 0.1) is 5.92 Å². The number of amides is 1. The molecule has 182 valence electrons. The van der Waals surface area contributed by atoms with Crippen LogP contribution in [0.25, 0.3) is 10.8 Å². The SMILES string of the molecule is O=C(c1ccc2ccccc2c1)N1C[C@H]2C[C@H](C1)c1ccc(NS(=O)(=O)c3ccccc3)c(=O)n1C2. The van der Waals surface area contributed by atoms with Crippen LogP contribution in [0.1, 0.15) is 28.4 Å². The second-order valence-electron chi connectivity index (χ2n) is 9.58. The van der Waals surface area contributed by atoms with Gasteiger partial charge >= 0.3 is 0 Å². The number of fused-ring (bicyclic) bond motifs is 5. The van der Waals surface area contributed by atoms with Crippen LogP contribution in [0.4, 0.5) is 5.69 Å². The zero-order valence-electron chi connectivity index (χ0n) is 19.5. The monoisotopic (exact) mass is 499 g/mol. The second kappa shape index (κ2) is 8.64. The van der Waals surface area contributed by atoms with Crippen LogP contribution in [0.15, 0.2) is 94.6 Å². The highest BCUT2D eigenvalue weighted by Crippen LogP contribution is 2.36. The summed E-state index contributed by atoms with van der Waals surface area (Å²) in [6.45, 7) is 1.54. The number of benzene rings is 3. The van der Waals surface area contributed by atoms with E-state index in [9.17, 15) is 18.0 Å². The number of rotatable bonds is 4. The van der Waals surface area contributed by atoms with Crippen molar-refractivity contribution in [3.05, 3.63) is 107 Å². The van der Waals surface area contributed by atoms with Crippen LogP contribution in [0.2, 0.25) is 0 Å². The highest BCUT2D eigenvalue weighted by molar-refractivity contribution is 7.92. The van der Waals surface area contributed by atoms with E-state index in [0.717, 1.165) is 22.9 Å². The lowest BCUT2D eigenvalue weighted by molar-refractivity contribution is 0.0595. The van der Waals surface area contributed by atoms with Crippen LogP contribution < -0.4 is 10.3 Å². The number of likely N-dealkylation sites (tertiary alicyclic amines) is 1. The molecule has 0 saturated carbocycles. The number of sulfonamides is 1. The molecule has 4 aromatic rings. The molecule has 7 nitrogen and oxygen atoms in total. The van der Waals surface area contributed by atoms with Gasteiger partial charge in [-0.25, -0.2) is 8.42 Å². The molecule has 1 N–H and O–H groups in total. The van der Waals surface area contributed by atoms with Gasteiger partial charge in [0.1, 0.15) is 5.69 Å². The lowest BCUT2D eigenvalue weighted by Crippen LogP contribution is -2.49. The van der Waals surface area contributed by atoms with Gasteiger partial charge in [0.2, 0.25) is 0 Å². The molecule has 3 heterocycles. The van der Waals surface area contributed by atoms with Gasteiger partial charge in [0, 0.05) is 36.8 Å². The van der Waals surface area contributed by atoms with Crippen molar-refractivity contribution in [2.24, 2.45) is 5.92 Å². The summed E-state index contributed by atoms with van der Waals surface area (Å²) < 4.78 is 29.6. The molecule has 3 aromatic carbocycles. The van der Waals surface area contributed by atoms with Crippen LogP contribution in [0.3, 0.4) is 0 Å². The van der Waals surface area contributed by atoms with Crippen molar-refractivity contribution in [2.45, 2.75) is 23.8 Å². The number of anilines is 1. The minimum Gasteiger partial charge on any atom is -0.338 e. The number of carbonyl (C=O) groups is 1. The van der Waals surface area contributed by atoms with Gasteiger partial charge in [-0.1, -0.05) is 48.5 Å². The molecule has 6 rings (SSSR count). The number of hydrogen-bond donors (Lipinski definition) is 1. The van der Waals surface area contributed by atoms with Crippen molar-refractivity contribution in [1.82, 2.24) is 9.47 Å². The molecule has 2 bridgehead atoms. The van der Waals surface area contributed by atoms with Gasteiger partial charge in [-0.05, 0) is 59.5 Å². The van der Waals surface area contributed by atoms with E-state index in [1.807, 2.05) is 53.4 Å². The molecule has 0 aliphatic carbocycles. The molecule has 1 saturated heterocycles.